The fourth-order valence-electron chi connectivity index (χ4n) is 7.65. The van der Waals surface area contributed by atoms with Gasteiger partial charge in [0, 0.05) is 30.0 Å². The summed E-state index contributed by atoms with van der Waals surface area (Å²) in [4.78, 5) is 54.8. The first-order chi connectivity index (χ1) is 29.8. The molecule has 1 aliphatic heterocycles. The number of unbranched alkanes of at least 4 members (excludes halogenated alkanes) is 9. The summed E-state index contributed by atoms with van der Waals surface area (Å²) in [5, 5.41) is 29.9. The molecule has 62 heavy (non-hydrogen) atoms. The van der Waals surface area contributed by atoms with E-state index in [0.717, 1.165) is 34.7 Å². The number of hydrogen-bond donors (Lipinski definition) is 2. The number of phenols is 1. The number of anilines is 3. The van der Waals surface area contributed by atoms with Crippen molar-refractivity contribution < 1.29 is 33.9 Å². The number of carbonyl (C=O) groups excluding carboxylic acids is 3. The number of non-ortho nitro benzene ring substituents is 1. The number of para-hydroxylation sites is 1. The second-order valence-corrected chi connectivity index (χ2v) is 16.5. The molecule has 5 aromatic carbocycles. The first-order valence-electron chi connectivity index (χ1n) is 21.5. The lowest BCUT2D eigenvalue weighted by Crippen LogP contribution is -2.50. The number of nitro benzene ring substituents is 1. The molecule has 0 bridgehead atoms. The van der Waals surface area contributed by atoms with Crippen LogP contribution in [0.4, 0.5) is 27.5 Å². The first-order valence-corrected chi connectivity index (χ1v) is 21.5. The zero-order valence-corrected chi connectivity index (χ0v) is 36.3. The first kappa shape index (κ1) is 44.9. The molecule has 1 fully saturated rings. The van der Waals surface area contributed by atoms with Crippen molar-refractivity contribution in [1.29, 1.82) is 0 Å². The lowest BCUT2D eigenvalue weighted by molar-refractivity contribution is -0.384. The molecule has 13 nitrogen and oxygen atoms in total. The number of nitro groups is 1. The number of ether oxygens (including phenoxy) is 2. The molecule has 1 aliphatic rings. The third kappa shape index (κ3) is 10.4. The summed E-state index contributed by atoms with van der Waals surface area (Å²) in [5.41, 5.74) is 0.601. The number of aromatic hydroxyl groups is 1. The predicted molar refractivity (Wildman–Crippen MR) is 243 cm³/mol. The quantitative estimate of drug-likeness (QED) is 0.0469. The summed E-state index contributed by atoms with van der Waals surface area (Å²) >= 11 is 0. The maximum absolute atomic E-state index is 14.4. The Morgan fingerprint density at radius 1 is 0.823 bits per heavy atom. The lowest BCUT2D eigenvalue weighted by atomic mass is 9.94. The molecule has 0 spiro atoms. The molecule has 1 saturated heterocycles. The predicted octanol–water partition coefficient (Wildman–Crippen LogP) is 12.0. The summed E-state index contributed by atoms with van der Waals surface area (Å²) in [6.45, 7) is 8.34. The Kier molecular flexibility index (Phi) is 14.7. The van der Waals surface area contributed by atoms with Gasteiger partial charge in [-0.3, -0.25) is 29.6 Å². The molecule has 0 aliphatic carbocycles. The topological polar surface area (TPSA) is 155 Å². The summed E-state index contributed by atoms with van der Waals surface area (Å²) in [7, 11) is 1.40. The van der Waals surface area contributed by atoms with Crippen LogP contribution in [0.25, 0.3) is 10.8 Å². The number of rotatable bonds is 19. The third-order valence-corrected chi connectivity index (χ3v) is 11.2. The number of fused-ring (bicyclic) bond motifs is 1. The van der Waals surface area contributed by atoms with Gasteiger partial charge in [-0.15, -0.1) is 0 Å². The number of phenolic OH excluding ortho intramolecular Hbond substituents is 1. The minimum atomic E-state index is -0.922. The molecule has 0 radical (unpaired) electrons. The Balaban J connectivity index is 1.25. The maximum Gasteiger partial charge on any atom is 0.350 e. The van der Waals surface area contributed by atoms with Gasteiger partial charge >= 0.3 is 6.03 Å². The smallest absolute Gasteiger partial charge is 0.350 e. The second kappa shape index (κ2) is 20.3. The highest BCUT2D eigenvalue weighted by atomic mass is 16.6. The van der Waals surface area contributed by atoms with Crippen LogP contribution in [0.1, 0.15) is 101 Å². The molecule has 0 saturated carbocycles. The highest BCUT2D eigenvalue weighted by Crippen LogP contribution is 2.43. The maximum atomic E-state index is 14.4. The number of amides is 4. The van der Waals surface area contributed by atoms with Crippen LogP contribution < -0.4 is 24.7 Å². The van der Waals surface area contributed by atoms with Crippen LogP contribution in [0.15, 0.2) is 97.1 Å². The molecule has 1 heterocycles. The Morgan fingerprint density at radius 2 is 1.45 bits per heavy atom. The lowest BCUT2D eigenvalue weighted by Gasteiger charge is -2.31. The Labute approximate surface area is 363 Å². The Morgan fingerprint density at radius 3 is 2.13 bits per heavy atom. The zero-order chi connectivity index (χ0) is 44.4. The van der Waals surface area contributed by atoms with Gasteiger partial charge in [0.15, 0.2) is 5.75 Å². The van der Waals surface area contributed by atoms with Gasteiger partial charge in [-0.2, -0.15) is 5.01 Å². The van der Waals surface area contributed by atoms with Gasteiger partial charge in [0.1, 0.15) is 17.2 Å². The number of hydrogen-bond acceptors (Lipinski definition) is 9. The molecule has 2 N–H and O–H groups in total. The third-order valence-electron chi connectivity index (χ3n) is 11.2. The van der Waals surface area contributed by atoms with Crippen molar-refractivity contribution in [3.8, 4) is 23.0 Å². The summed E-state index contributed by atoms with van der Waals surface area (Å²) in [6.07, 6.45) is 12.0. The molecule has 0 aromatic heterocycles. The van der Waals surface area contributed by atoms with Crippen molar-refractivity contribution in [1.82, 2.24) is 5.01 Å². The van der Waals surface area contributed by atoms with Gasteiger partial charge in [-0.05, 0) is 69.2 Å². The SMILES string of the molecule is CCCCCCCCCCCCOc1ccc(C)cc1NC(=O)c1cc(Oc2ccc([N+](=O)[O-])cc2N(C)C(=O)N2C(=O)C(C)(C)CN2c2ccccc2)c2ccccc2c1O. The van der Waals surface area contributed by atoms with E-state index in [9.17, 15) is 29.6 Å². The number of nitrogens with one attached hydrogen (secondary N) is 1. The van der Waals surface area contributed by atoms with E-state index >= 15 is 0 Å². The van der Waals surface area contributed by atoms with Crippen molar-refractivity contribution in [3.05, 3.63) is 118 Å². The van der Waals surface area contributed by atoms with Crippen LogP contribution in [-0.2, 0) is 4.79 Å². The normalized spacial score (nSPS) is 13.3. The van der Waals surface area contributed by atoms with E-state index < -0.39 is 28.2 Å². The van der Waals surface area contributed by atoms with E-state index in [1.807, 2.05) is 31.2 Å². The van der Waals surface area contributed by atoms with Crippen LogP contribution >= 0.6 is 0 Å². The van der Waals surface area contributed by atoms with Gasteiger partial charge in [-0.25, -0.2) is 4.79 Å². The monoisotopic (exact) mass is 843 g/mol. The van der Waals surface area contributed by atoms with E-state index in [4.69, 9.17) is 9.47 Å². The fourth-order valence-corrected chi connectivity index (χ4v) is 7.65. The number of benzene rings is 5. The van der Waals surface area contributed by atoms with Crippen molar-refractivity contribution >= 4 is 51.4 Å². The summed E-state index contributed by atoms with van der Waals surface area (Å²) in [6, 6.07) is 25.7. The van der Waals surface area contributed by atoms with E-state index in [1.54, 1.807) is 67.4 Å². The molecule has 5 aromatic rings. The average Bonchev–Trinajstić information content (AvgIpc) is 3.51. The number of nitrogens with zero attached hydrogens (tertiary/aromatic N) is 4. The van der Waals surface area contributed by atoms with Crippen molar-refractivity contribution in [2.45, 2.75) is 91.9 Å². The largest absolute Gasteiger partial charge is 0.506 e. The molecule has 0 atom stereocenters. The Hall–Kier alpha value is -6.63. The van der Waals surface area contributed by atoms with E-state index in [-0.39, 0.29) is 40.7 Å². The zero-order valence-electron chi connectivity index (χ0n) is 36.3. The number of carbonyl (C=O) groups is 3. The number of hydrazine groups is 1. The molecule has 13 heteroatoms. The standard InChI is InChI=1S/C49H57N5O8/c1-6-7-8-9-10-11-12-13-14-20-29-61-42-27-25-34(2)30-40(42)50-46(56)39-32-44(37-23-18-19-24-38(37)45(39)55)62-43-28-26-36(54(59)60)31-41(43)51(5)48(58)53-47(57)49(3,4)33-52(53)35-21-16-15-17-22-35/h15-19,21-28,30-32,55H,6-14,20,29,33H2,1-5H3,(H,50,56). The summed E-state index contributed by atoms with van der Waals surface area (Å²) in [5.74, 6) is -0.700. The van der Waals surface area contributed by atoms with Crippen LogP contribution in [0, 0.1) is 22.5 Å². The number of aryl methyl sites for hydroxylation is 1. The van der Waals surface area contributed by atoms with Crippen molar-refractivity contribution in [3.63, 3.8) is 0 Å². The fraction of sp³-hybridized carbons (Fsp3) is 0.367. The number of urea groups is 1. The van der Waals surface area contributed by atoms with Crippen LogP contribution in [0.3, 0.4) is 0 Å². The van der Waals surface area contributed by atoms with Gasteiger partial charge in [0.05, 0.1) is 46.1 Å². The van der Waals surface area contributed by atoms with Gasteiger partial charge in [-0.1, -0.05) is 113 Å². The summed E-state index contributed by atoms with van der Waals surface area (Å²) < 4.78 is 12.6. The molecule has 326 valence electrons. The van der Waals surface area contributed by atoms with Crippen LogP contribution in [0.2, 0.25) is 0 Å². The van der Waals surface area contributed by atoms with Gasteiger partial charge in [0.25, 0.3) is 17.5 Å². The number of imide groups is 1. The molecule has 6 rings (SSSR count). The highest BCUT2D eigenvalue weighted by Gasteiger charge is 2.49. The van der Waals surface area contributed by atoms with Crippen molar-refractivity contribution in [2.24, 2.45) is 5.41 Å². The van der Waals surface area contributed by atoms with E-state index in [2.05, 4.69) is 12.2 Å². The molecular formula is C49H57N5O8. The average molecular weight is 844 g/mol. The molecule has 4 amide bonds. The van der Waals surface area contributed by atoms with Crippen molar-refractivity contribution in [2.75, 3.05) is 35.4 Å². The van der Waals surface area contributed by atoms with Crippen LogP contribution in [-0.4, -0.2) is 53.1 Å². The Bertz CT molecular complexity index is 2400. The van der Waals surface area contributed by atoms with Gasteiger partial charge in [0.2, 0.25) is 0 Å². The second-order valence-electron chi connectivity index (χ2n) is 16.5. The highest BCUT2D eigenvalue weighted by molar-refractivity contribution is 6.12. The van der Waals surface area contributed by atoms with Crippen LogP contribution in [0.5, 0.6) is 23.0 Å². The molecular weight excluding hydrogens is 787 g/mol. The minimum absolute atomic E-state index is 0.0122. The van der Waals surface area contributed by atoms with E-state index in [1.165, 1.54) is 76.3 Å². The molecule has 0 unspecified atom stereocenters. The minimum Gasteiger partial charge on any atom is -0.506 e. The van der Waals surface area contributed by atoms with Gasteiger partial charge < -0.3 is 19.9 Å². The van der Waals surface area contributed by atoms with E-state index in [0.29, 0.717) is 34.5 Å².